The second-order valence-electron chi connectivity index (χ2n) is 5.99. The number of aromatic nitrogens is 2. The SMILES string of the molecule is COc1cc2c(cc1OCCN1CCCC1)[nH]c1ccncc12. The lowest BCUT2D eigenvalue weighted by atomic mass is 10.2. The third kappa shape index (κ3) is 2.72. The molecule has 1 saturated heterocycles. The van der Waals surface area contributed by atoms with E-state index in [0.29, 0.717) is 6.61 Å². The van der Waals surface area contributed by atoms with Gasteiger partial charge in [0, 0.05) is 41.3 Å². The van der Waals surface area contributed by atoms with E-state index in [1.807, 2.05) is 24.4 Å². The van der Waals surface area contributed by atoms with Gasteiger partial charge in [-0.25, -0.2) is 0 Å². The molecule has 0 unspecified atom stereocenters. The Morgan fingerprint density at radius 2 is 2.00 bits per heavy atom. The van der Waals surface area contributed by atoms with Crippen LogP contribution in [-0.4, -0.2) is 48.2 Å². The van der Waals surface area contributed by atoms with E-state index in [4.69, 9.17) is 9.47 Å². The summed E-state index contributed by atoms with van der Waals surface area (Å²) >= 11 is 0. The van der Waals surface area contributed by atoms with Crippen molar-refractivity contribution < 1.29 is 9.47 Å². The molecule has 0 saturated carbocycles. The second-order valence-corrected chi connectivity index (χ2v) is 5.99. The molecule has 1 aromatic carbocycles. The van der Waals surface area contributed by atoms with E-state index in [1.54, 1.807) is 13.3 Å². The van der Waals surface area contributed by atoms with Crippen molar-refractivity contribution in [2.24, 2.45) is 0 Å². The van der Waals surface area contributed by atoms with Crippen LogP contribution >= 0.6 is 0 Å². The summed E-state index contributed by atoms with van der Waals surface area (Å²) in [5.74, 6) is 1.56. The van der Waals surface area contributed by atoms with Crippen LogP contribution in [-0.2, 0) is 0 Å². The van der Waals surface area contributed by atoms with Crippen molar-refractivity contribution in [3.8, 4) is 11.5 Å². The standard InChI is InChI=1S/C18H21N3O2/c1-22-17-10-13-14-12-19-5-4-15(14)20-16(13)11-18(17)23-9-8-21-6-2-3-7-21/h4-5,10-12,20H,2-3,6-9H2,1H3. The fourth-order valence-corrected chi connectivity index (χ4v) is 3.31. The maximum absolute atomic E-state index is 5.99. The van der Waals surface area contributed by atoms with Crippen LogP contribution in [0.3, 0.4) is 0 Å². The number of likely N-dealkylation sites (tertiary alicyclic amines) is 1. The Balaban J connectivity index is 1.61. The number of benzene rings is 1. The smallest absolute Gasteiger partial charge is 0.163 e. The van der Waals surface area contributed by atoms with Crippen LogP contribution < -0.4 is 9.47 Å². The molecule has 3 aromatic rings. The van der Waals surface area contributed by atoms with E-state index >= 15 is 0 Å². The van der Waals surface area contributed by atoms with E-state index in [9.17, 15) is 0 Å². The normalized spacial score (nSPS) is 15.5. The molecular weight excluding hydrogens is 290 g/mol. The number of hydrogen-bond acceptors (Lipinski definition) is 4. The lowest BCUT2D eigenvalue weighted by Crippen LogP contribution is -2.25. The summed E-state index contributed by atoms with van der Waals surface area (Å²) in [7, 11) is 1.68. The number of aromatic amines is 1. The van der Waals surface area contributed by atoms with Crippen molar-refractivity contribution in [3.05, 3.63) is 30.6 Å². The fraction of sp³-hybridized carbons (Fsp3) is 0.389. The maximum Gasteiger partial charge on any atom is 0.163 e. The summed E-state index contributed by atoms with van der Waals surface area (Å²) in [6.45, 7) is 4.03. The van der Waals surface area contributed by atoms with Crippen LogP contribution in [0.1, 0.15) is 12.8 Å². The monoisotopic (exact) mass is 311 g/mol. The first-order chi connectivity index (χ1) is 11.3. The minimum atomic E-state index is 0.684. The van der Waals surface area contributed by atoms with Gasteiger partial charge in [0.05, 0.1) is 12.6 Å². The van der Waals surface area contributed by atoms with Crippen LogP contribution in [0.2, 0.25) is 0 Å². The van der Waals surface area contributed by atoms with Crippen molar-refractivity contribution >= 4 is 21.8 Å². The number of H-pyrrole nitrogens is 1. The molecule has 0 amide bonds. The number of nitrogens with one attached hydrogen (secondary N) is 1. The van der Waals surface area contributed by atoms with Crippen molar-refractivity contribution in [3.63, 3.8) is 0 Å². The van der Waals surface area contributed by atoms with Crippen LogP contribution in [0, 0.1) is 0 Å². The summed E-state index contributed by atoms with van der Waals surface area (Å²) in [4.78, 5) is 10.1. The molecule has 1 aliphatic heterocycles. The van der Waals surface area contributed by atoms with Crippen LogP contribution in [0.15, 0.2) is 30.6 Å². The van der Waals surface area contributed by atoms with Gasteiger partial charge in [-0.1, -0.05) is 0 Å². The van der Waals surface area contributed by atoms with Gasteiger partial charge in [0.2, 0.25) is 0 Å². The van der Waals surface area contributed by atoms with Gasteiger partial charge in [0.1, 0.15) is 6.61 Å². The highest BCUT2D eigenvalue weighted by Gasteiger charge is 2.14. The van der Waals surface area contributed by atoms with Gasteiger partial charge in [0.25, 0.3) is 0 Å². The average molecular weight is 311 g/mol. The Hall–Kier alpha value is -2.27. The summed E-state index contributed by atoms with van der Waals surface area (Å²) in [6, 6.07) is 6.04. The van der Waals surface area contributed by atoms with E-state index in [-0.39, 0.29) is 0 Å². The third-order valence-electron chi connectivity index (χ3n) is 4.55. The molecule has 5 heteroatoms. The largest absolute Gasteiger partial charge is 0.493 e. The summed E-state index contributed by atoms with van der Waals surface area (Å²) < 4.78 is 11.5. The zero-order valence-electron chi connectivity index (χ0n) is 13.3. The zero-order chi connectivity index (χ0) is 15.6. The number of ether oxygens (including phenoxy) is 2. The second kappa shape index (κ2) is 6.08. The highest BCUT2D eigenvalue weighted by Crippen LogP contribution is 2.35. The Kier molecular flexibility index (Phi) is 3.79. The van der Waals surface area contributed by atoms with Gasteiger partial charge in [0.15, 0.2) is 11.5 Å². The van der Waals surface area contributed by atoms with Gasteiger partial charge < -0.3 is 14.5 Å². The molecule has 120 valence electrons. The molecule has 0 bridgehead atoms. The van der Waals surface area contributed by atoms with Crippen LogP contribution in [0.5, 0.6) is 11.5 Å². The first kappa shape index (κ1) is 14.3. The summed E-state index contributed by atoms with van der Waals surface area (Å²) in [5.41, 5.74) is 2.12. The lowest BCUT2D eigenvalue weighted by Gasteiger charge is -2.16. The van der Waals surface area contributed by atoms with E-state index in [0.717, 1.165) is 39.8 Å². The van der Waals surface area contributed by atoms with Crippen molar-refractivity contribution in [2.75, 3.05) is 33.4 Å². The van der Waals surface area contributed by atoms with Gasteiger partial charge in [-0.05, 0) is 38.1 Å². The predicted molar refractivity (Wildman–Crippen MR) is 91.3 cm³/mol. The molecule has 1 fully saturated rings. The molecule has 0 radical (unpaired) electrons. The number of methoxy groups -OCH3 is 1. The first-order valence-electron chi connectivity index (χ1n) is 8.14. The molecule has 0 aliphatic carbocycles. The van der Waals surface area contributed by atoms with Gasteiger partial charge in [-0.15, -0.1) is 0 Å². The van der Waals surface area contributed by atoms with E-state index in [1.165, 1.54) is 25.9 Å². The van der Waals surface area contributed by atoms with Crippen molar-refractivity contribution in [2.45, 2.75) is 12.8 Å². The van der Waals surface area contributed by atoms with Crippen LogP contribution in [0.4, 0.5) is 0 Å². The van der Waals surface area contributed by atoms with Gasteiger partial charge in [-0.3, -0.25) is 9.88 Å². The van der Waals surface area contributed by atoms with Crippen molar-refractivity contribution in [1.29, 1.82) is 0 Å². The van der Waals surface area contributed by atoms with Crippen LogP contribution in [0.25, 0.3) is 21.8 Å². The number of pyridine rings is 1. The number of fused-ring (bicyclic) bond motifs is 3. The molecule has 5 nitrogen and oxygen atoms in total. The van der Waals surface area contributed by atoms with E-state index < -0.39 is 0 Å². The summed E-state index contributed by atoms with van der Waals surface area (Å²) in [5, 5.41) is 2.21. The molecular formula is C18H21N3O2. The van der Waals surface area contributed by atoms with Gasteiger partial charge >= 0.3 is 0 Å². The predicted octanol–water partition coefficient (Wildman–Crippen LogP) is 3.20. The Bertz CT molecular complexity index is 822. The minimum absolute atomic E-state index is 0.684. The van der Waals surface area contributed by atoms with Gasteiger partial charge in [-0.2, -0.15) is 0 Å². The number of rotatable bonds is 5. The zero-order valence-corrected chi connectivity index (χ0v) is 13.3. The maximum atomic E-state index is 5.99. The molecule has 3 heterocycles. The Morgan fingerprint density at radius 3 is 2.83 bits per heavy atom. The lowest BCUT2D eigenvalue weighted by molar-refractivity contribution is 0.230. The molecule has 2 aromatic heterocycles. The first-order valence-corrected chi connectivity index (χ1v) is 8.14. The molecule has 4 rings (SSSR count). The Labute approximate surface area is 135 Å². The number of hydrogen-bond donors (Lipinski definition) is 1. The fourth-order valence-electron chi connectivity index (χ4n) is 3.31. The molecule has 1 N–H and O–H groups in total. The molecule has 23 heavy (non-hydrogen) atoms. The van der Waals surface area contributed by atoms with E-state index in [2.05, 4.69) is 14.9 Å². The highest BCUT2D eigenvalue weighted by atomic mass is 16.5. The highest BCUT2D eigenvalue weighted by molar-refractivity contribution is 6.07. The third-order valence-corrected chi connectivity index (χ3v) is 4.55. The topological polar surface area (TPSA) is 50.4 Å². The average Bonchev–Trinajstić information content (AvgIpc) is 3.21. The molecule has 0 atom stereocenters. The summed E-state index contributed by atoms with van der Waals surface area (Å²) in [6.07, 6.45) is 6.28. The minimum Gasteiger partial charge on any atom is -0.493 e. The number of nitrogens with zero attached hydrogens (tertiary/aromatic N) is 2. The molecule has 1 aliphatic rings. The Morgan fingerprint density at radius 1 is 1.13 bits per heavy atom. The quantitative estimate of drug-likeness (QED) is 0.786. The molecule has 0 spiro atoms. The van der Waals surface area contributed by atoms with Crippen molar-refractivity contribution in [1.82, 2.24) is 14.9 Å².